The Morgan fingerprint density at radius 2 is 2.12 bits per heavy atom. The lowest BCUT2D eigenvalue weighted by atomic mass is 10.1. The van der Waals surface area contributed by atoms with Crippen molar-refractivity contribution in [3.63, 3.8) is 0 Å². The highest BCUT2D eigenvalue weighted by Crippen LogP contribution is 2.23. The largest absolute Gasteiger partial charge is 0.372 e. The molecule has 0 saturated carbocycles. The molecule has 1 aliphatic heterocycles. The molecule has 0 amide bonds. The van der Waals surface area contributed by atoms with E-state index in [1.54, 1.807) is 0 Å². The SMILES string of the molecule is CN=C(NCCCn1cccn1)NC(C)c1cccc(N2CCCC2)c1. The van der Waals surface area contributed by atoms with Gasteiger partial charge in [-0.15, -0.1) is 0 Å². The highest BCUT2D eigenvalue weighted by atomic mass is 15.3. The Kier molecular flexibility index (Phi) is 6.52. The summed E-state index contributed by atoms with van der Waals surface area (Å²) < 4.78 is 1.95. The fourth-order valence-corrected chi connectivity index (χ4v) is 3.33. The lowest BCUT2D eigenvalue weighted by Crippen LogP contribution is -2.39. The number of rotatable bonds is 7. The first kappa shape index (κ1) is 18.3. The summed E-state index contributed by atoms with van der Waals surface area (Å²) in [6.45, 7) is 6.29. The average Bonchev–Trinajstić information content (AvgIpc) is 3.38. The highest BCUT2D eigenvalue weighted by molar-refractivity contribution is 5.80. The number of hydrogen-bond acceptors (Lipinski definition) is 3. The minimum atomic E-state index is 0.204. The zero-order valence-corrected chi connectivity index (χ0v) is 15.9. The quantitative estimate of drug-likeness (QED) is 0.456. The smallest absolute Gasteiger partial charge is 0.191 e. The van der Waals surface area contributed by atoms with E-state index in [-0.39, 0.29) is 6.04 Å². The Hall–Kier alpha value is -2.50. The first-order valence-corrected chi connectivity index (χ1v) is 9.56. The molecule has 1 fully saturated rings. The van der Waals surface area contributed by atoms with Gasteiger partial charge in [-0.05, 0) is 49.9 Å². The van der Waals surface area contributed by atoms with E-state index in [2.05, 4.69) is 56.8 Å². The summed E-state index contributed by atoms with van der Waals surface area (Å²) in [5, 5.41) is 11.1. The van der Waals surface area contributed by atoms with Crippen LogP contribution in [-0.4, -0.2) is 42.4 Å². The van der Waals surface area contributed by atoms with Gasteiger partial charge in [-0.3, -0.25) is 9.67 Å². The van der Waals surface area contributed by atoms with Crippen LogP contribution in [0, 0.1) is 0 Å². The summed E-state index contributed by atoms with van der Waals surface area (Å²) in [7, 11) is 1.82. The average molecular weight is 355 g/mol. The van der Waals surface area contributed by atoms with E-state index in [0.29, 0.717) is 0 Å². The van der Waals surface area contributed by atoms with Crippen molar-refractivity contribution in [2.75, 3.05) is 31.6 Å². The van der Waals surface area contributed by atoms with Crippen LogP contribution in [0.2, 0.25) is 0 Å². The number of aliphatic imine (C=N–C) groups is 1. The Balaban J connectivity index is 1.49. The van der Waals surface area contributed by atoms with Crippen LogP contribution >= 0.6 is 0 Å². The number of benzene rings is 1. The zero-order valence-electron chi connectivity index (χ0n) is 15.9. The molecule has 6 nitrogen and oxygen atoms in total. The number of anilines is 1. The molecule has 2 N–H and O–H groups in total. The Morgan fingerprint density at radius 1 is 1.27 bits per heavy atom. The summed E-state index contributed by atoms with van der Waals surface area (Å²) in [5.74, 6) is 0.838. The topological polar surface area (TPSA) is 57.5 Å². The number of nitrogens with zero attached hydrogens (tertiary/aromatic N) is 4. The number of guanidine groups is 1. The van der Waals surface area contributed by atoms with Crippen LogP contribution in [-0.2, 0) is 6.54 Å². The van der Waals surface area contributed by atoms with E-state index in [1.807, 2.05) is 30.2 Å². The Labute approximate surface area is 156 Å². The van der Waals surface area contributed by atoms with Gasteiger partial charge in [0.15, 0.2) is 5.96 Å². The van der Waals surface area contributed by atoms with Crippen molar-refractivity contribution in [2.24, 2.45) is 4.99 Å². The van der Waals surface area contributed by atoms with Gasteiger partial charge < -0.3 is 15.5 Å². The van der Waals surface area contributed by atoms with Crippen LogP contribution in [0.4, 0.5) is 5.69 Å². The lowest BCUT2D eigenvalue weighted by Gasteiger charge is -2.22. The molecule has 6 heteroatoms. The maximum Gasteiger partial charge on any atom is 0.191 e. The summed E-state index contributed by atoms with van der Waals surface area (Å²) >= 11 is 0. The molecule has 2 heterocycles. The fraction of sp³-hybridized carbons (Fsp3) is 0.500. The monoisotopic (exact) mass is 354 g/mol. The predicted molar refractivity (Wildman–Crippen MR) is 108 cm³/mol. The summed E-state index contributed by atoms with van der Waals surface area (Å²) in [6, 6.07) is 11.0. The van der Waals surface area contributed by atoms with Crippen molar-refractivity contribution in [1.82, 2.24) is 20.4 Å². The number of aromatic nitrogens is 2. The summed E-state index contributed by atoms with van der Waals surface area (Å²) in [4.78, 5) is 6.82. The van der Waals surface area contributed by atoms with Crippen LogP contribution in [0.25, 0.3) is 0 Å². The van der Waals surface area contributed by atoms with Crippen molar-refractivity contribution < 1.29 is 0 Å². The van der Waals surface area contributed by atoms with Crippen LogP contribution in [0.3, 0.4) is 0 Å². The molecule has 0 aliphatic carbocycles. The minimum Gasteiger partial charge on any atom is -0.372 e. The molecule has 0 spiro atoms. The molecule has 1 aromatic carbocycles. The summed E-state index contributed by atoms with van der Waals surface area (Å²) in [5.41, 5.74) is 2.62. The van der Waals surface area contributed by atoms with E-state index in [9.17, 15) is 0 Å². The number of hydrogen-bond donors (Lipinski definition) is 2. The van der Waals surface area contributed by atoms with Crippen molar-refractivity contribution >= 4 is 11.6 Å². The molecule has 26 heavy (non-hydrogen) atoms. The van der Waals surface area contributed by atoms with Crippen molar-refractivity contribution in [1.29, 1.82) is 0 Å². The third-order valence-electron chi connectivity index (χ3n) is 4.83. The van der Waals surface area contributed by atoms with Gasteiger partial charge in [0.25, 0.3) is 0 Å². The Morgan fingerprint density at radius 3 is 2.85 bits per heavy atom. The van der Waals surface area contributed by atoms with Crippen molar-refractivity contribution in [3.05, 3.63) is 48.3 Å². The summed E-state index contributed by atoms with van der Waals surface area (Å²) in [6.07, 6.45) is 7.40. The van der Waals surface area contributed by atoms with E-state index in [1.165, 1.54) is 37.2 Å². The van der Waals surface area contributed by atoms with Crippen molar-refractivity contribution in [2.45, 2.75) is 38.8 Å². The van der Waals surface area contributed by atoms with E-state index < -0.39 is 0 Å². The van der Waals surface area contributed by atoms with E-state index in [0.717, 1.165) is 25.5 Å². The standard InChI is InChI=1S/C20H30N6/c1-17(18-8-5-9-19(16-18)25-12-3-4-13-25)24-20(21-2)22-10-6-14-26-15-7-11-23-26/h5,7-9,11,15-17H,3-4,6,10,12-14H2,1-2H3,(H2,21,22,24). The van der Waals surface area contributed by atoms with Gasteiger partial charge in [0.1, 0.15) is 0 Å². The molecule has 0 radical (unpaired) electrons. The molecule has 1 atom stereocenters. The normalized spacial score (nSPS) is 15.9. The second kappa shape index (κ2) is 9.27. The van der Waals surface area contributed by atoms with Crippen LogP contribution < -0.4 is 15.5 Å². The lowest BCUT2D eigenvalue weighted by molar-refractivity contribution is 0.567. The molecular formula is C20H30N6. The maximum atomic E-state index is 4.35. The molecular weight excluding hydrogens is 324 g/mol. The highest BCUT2D eigenvalue weighted by Gasteiger charge is 2.14. The molecule has 0 bridgehead atoms. The molecule has 1 unspecified atom stereocenters. The van der Waals surface area contributed by atoms with Crippen molar-refractivity contribution in [3.8, 4) is 0 Å². The van der Waals surface area contributed by atoms with Gasteiger partial charge in [0, 0.05) is 51.3 Å². The molecule has 3 rings (SSSR count). The zero-order chi connectivity index (χ0) is 18.2. The molecule has 2 aromatic rings. The van der Waals surface area contributed by atoms with E-state index >= 15 is 0 Å². The van der Waals surface area contributed by atoms with Gasteiger partial charge in [0.2, 0.25) is 0 Å². The minimum absolute atomic E-state index is 0.204. The first-order valence-electron chi connectivity index (χ1n) is 9.56. The first-order chi connectivity index (χ1) is 12.8. The maximum absolute atomic E-state index is 4.35. The third kappa shape index (κ3) is 5.00. The molecule has 1 saturated heterocycles. The molecule has 1 aromatic heterocycles. The molecule has 1 aliphatic rings. The Bertz CT molecular complexity index is 688. The van der Waals surface area contributed by atoms with Gasteiger partial charge in [0.05, 0.1) is 6.04 Å². The third-order valence-corrected chi connectivity index (χ3v) is 4.83. The van der Waals surface area contributed by atoms with Crippen LogP contribution in [0.1, 0.15) is 37.8 Å². The molecule has 140 valence electrons. The van der Waals surface area contributed by atoms with Gasteiger partial charge in [-0.1, -0.05) is 12.1 Å². The van der Waals surface area contributed by atoms with Crippen LogP contribution in [0.5, 0.6) is 0 Å². The fourth-order valence-electron chi connectivity index (χ4n) is 3.33. The number of aryl methyl sites for hydroxylation is 1. The van der Waals surface area contributed by atoms with Gasteiger partial charge in [-0.25, -0.2) is 0 Å². The predicted octanol–water partition coefficient (Wildman–Crippen LogP) is 2.80. The second-order valence-electron chi connectivity index (χ2n) is 6.78. The second-order valence-corrected chi connectivity index (χ2v) is 6.78. The van der Waals surface area contributed by atoms with Gasteiger partial charge >= 0.3 is 0 Å². The number of nitrogens with one attached hydrogen (secondary N) is 2. The van der Waals surface area contributed by atoms with Gasteiger partial charge in [-0.2, -0.15) is 5.10 Å². The van der Waals surface area contributed by atoms with E-state index in [4.69, 9.17) is 0 Å². The van der Waals surface area contributed by atoms with Crippen LogP contribution in [0.15, 0.2) is 47.7 Å².